The Morgan fingerprint density at radius 2 is 1.81 bits per heavy atom. The van der Waals surface area contributed by atoms with Crippen molar-refractivity contribution in [3.05, 3.63) is 33.4 Å². The summed E-state index contributed by atoms with van der Waals surface area (Å²) in [4.78, 5) is 10.0. The third kappa shape index (κ3) is 3.99. The quantitative estimate of drug-likeness (QED) is 0.610. The lowest BCUT2D eigenvalue weighted by atomic mass is 10.1. The Hall–Kier alpha value is -1.51. The first-order chi connectivity index (χ1) is 9.60. The van der Waals surface area contributed by atoms with Gasteiger partial charge >= 0.3 is 0 Å². The average molecular weight is 316 g/mol. The van der Waals surface area contributed by atoms with E-state index in [1.54, 1.807) is 27.7 Å². The number of sulfonamides is 1. The van der Waals surface area contributed by atoms with Gasteiger partial charge in [0, 0.05) is 18.7 Å². The lowest BCUT2D eigenvalue weighted by Crippen LogP contribution is -2.38. The average Bonchev–Trinajstić information content (AvgIpc) is 2.39. The van der Waals surface area contributed by atoms with E-state index in [0.29, 0.717) is 11.1 Å². The maximum Gasteiger partial charge on any atom is 0.289 e. The van der Waals surface area contributed by atoms with E-state index < -0.39 is 26.7 Å². The van der Waals surface area contributed by atoms with Gasteiger partial charge in [-0.05, 0) is 43.9 Å². The van der Waals surface area contributed by atoms with Crippen molar-refractivity contribution >= 4 is 15.7 Å². The van der Waals surface area contributed by atoms with Crippen molar-refractivity contribution in [1.82, 2.24) is 4.72 Å². The molecule has 0 aromatic heterocycles. The zero-order valence-electron chi connectivity index (χ0n) is 12.5. The van der Waals surface area contributed by atoms with Crippen LogP contribution >= 0.6 is 0 Å². The molecule has 1 aromatic rings. The number of benzene rings is 1. The Balaban J connectivity index is 3.31. The maximum absolute atomic E-state index is 12.4. The van der Waals surface area contributed by atoms with Crippen molar-refractivity contribution in [3.63, 3.8) is 0 Å². The normalized spacial score (nSPS) is 14.7. The van der Waals surface area contributed by atoms with Gasteiger partial charge in [0.25, 0.3) is 5.69 Å². The van der Waals surface area contributed by atoms with Crippen molar-refractivity contribution in [2.45, 2.75) is 38.6 Å². The van der Waals surface area contributed by atoms with E-state index in [1.807, 2.05) is 0 Å². The van der Waals surface area contributed by atoms with E-state index >= 15 is 0 Å². The third-order valence-electron chi connectivity index (χ3n) is 3.54. The second-order valence-electron chi connectivity index (χ2n) is 5.23. The van der Waals surface area contributed by atoms with Gasteiger partial charge in [0.15, 0.2) is 4.90 Å². The number of aliphatic hydroxyl groups excluding tert-OH is 1. The maximum atomic E-state index is 12.4. The summed E-state index contributed by atoms with van der Waals surface area (Å²) in [6, 6.07) is 2.01. The topological polar surface area (TPSA) is 110 Å². The van der Waals surface area contributed by atoms with E-state index in [0.717, 1.165) is 0 Å². The molecule has 7 nitrogen and oxygen atoms in total. The molecule has 0 saturated heterocycles. The first kappa shape index (κ1) is 17.5. The van der Waals surface area contributed by atoms with Gasteiger partial charge in [-0.2, -0.15) is 0 Å². The summed E-state index contributed by atoms with van der Waals surface area (Å²) in [5, 5.41) is 20.1. The minimum Gasteiger partial charge on any atom is -0.396 e. The van der Waals surface area contributed by atoms with Crippen molar-refractivity contribution in [1.29, 1.82) is 0 Å². The molecule has 1 aromatic carbocycles. The molecule has 0 aliphatic carbocycles. The number of hydrogen-bond donors (Lipinski definition) is 2. The molecule has 0 fully saturated rings. The molecule has 2 atom stereocenters. The van der Waals surface area contributed by atoms with Crippen LogP contribution in [0.1, 0.15) is 25.0 Å². The largest absolute Gasteiger partial charge is 0.396 e. The van der Waals surface area contributed by atoms with Crippen LogP contribution in [0.3, 0.4) is 0 Å². The molecule has 8 heteroatoms. The molecule has 2 unspecified atom stereocenters. The summed E-state index contributed by atoms with van der Waals surface area (Å²) in [5.41, 5.74) is 0.857. The minimum absolute atomic E-state index is 0.182. The first-order valence-electron chi connectivity index (χ1n) is 6.49. The van der Waals surface area contributed by atoms with Crippen LogP contribution in [-0.4, -0.2) is 31.1 Å². The summed E-state index contributed by atoms with van der Waals surface area (Å²) < 4.78 is 27.1. The number of aryl methyl sites for hydroxylation is 2. The van der Waals surface area contributed by atoms with Crippen molar-refractivity contribution in [2.75, 3.05) is 6.61 Å². The molecular weight excluding hydrogens is 296 g/mol. The number of nitrogens with zero attached hydrogens (tertiary/aromatic N) is 1. The molecule has 0 spiro atoms. The fourth-order valence-corrected chi connectivity index (χ4v) is 3.30. The summed E-state index contributed by atoms with van der Waals surface area (Å²) in [5.74, 6) is -0.301. The van der Waals surface area contributed by atoms with Crippen LogP contribution in [0.15, 0.2) is 17.0 Å². The lowest BCUT2D eigenvalue weighted by Gasteiger charge is -2.19. The third-order valence-corrected chi connectivity index (χ3v) is 5.13. The van der Waals surface area contributed by atoms with Crippen LogP contribution in [-0.2, 0) is 10.0 Å². The molecule has 0 bridgehead atoms. The van der Waals surface area contributed by atoms with Gasteiger partial charge in [-0.3, -0.25) is 10.1 Å². The van der Waals surface area contributed by atoms with E-state index in [-0.39, 0.29) is 17.4 Å². The van der Waals surface area contributed by atoms with E-state index in [2.05, 4.69) is 4.72 Å². The highest BCUT2D eigenvalue weighted by atomic mass is 32.2. The molecule has 1 rings (SSSR count). The molecule has 118 valence electrons. The van der Waals surface area contributed by atoms with E-state index in [1.165, 1.54) is 12.1 Å². The van der Waals surface area contributed by atoms with Crippen molar-refractivity contribution in [3.8, 4) is 0 Å². The number of hydrogen-bond acceptors (Lipinski definition) is 5. The second kappa shape index (κ2) is 6.50. The molecule has 2 N–H and O–H groups in total. The van der Waals surface area contributed by atoms with Gasteiger partial charge < -0.3 is 5.11 Å². The molecule has 0 heterocycles. The first-order valence-corrected chi connectivity index (χ1v) is 7.97. The molecular formula is C13H20N2O5S. The number of rotatable bonds is 6. The van der Waals surface area contributed by atoms with Crippen LogP contribution in [0.25, 0.3) is 0 Å². The Labute approximate surface area is 124 Å². The van der Waals surface area contributed by atoms with Gasteiger partial charge in [0.05, 0.1) is 4.92 Å². The van der Waals surface area contributed by atoms with Crippen LogP contribution in [0.2, 0.25) is 0 Å². The standard InChI is InChI=1S/C13H20N2O5S/c1-8-5-12(15(17)18)13(6-9(8)2)21(19,20)14-11(4)10(3)7-16/h5-6,10-11,14,16H,7H2,1-4H3. The van der Waals surface area contributed by atoms with Gasteiger partial charge in [0.1, 0.15) is 0 Å². The predicted molar refractivity (Wildman–Crippen MR) is 78.6 cm³/mol. The number of nitrogens with one attached hydrogen (secondary N) is 1. The van der Waals surface area contributed by atoms with E-state index in [9.17, 15) is 18.5 Å². The predicted octanol–water partition coefficient (Wildman–Crippen LogP) is 1.51. The second-order valence-corrected chi connectivity index (χ2v) is 6.91. The van der Waals surface area contributed by atoms with Crippen LogP contribution < -0.4 is 4.72 Å². The Bertz CT molecular complexity index is 642. The SMILES string of the molecule is Cc1cc([N+](=O)[O-])c(S(=O)(=O)NC(C)C(C)CO)cc1C. The fraction of sp³-hybridized carbons (Fsp3) is 0.538. The molecule has 0 radical (unpaired) electrons. The van der Waals surface area contributed by atoms with Crippen molar-refractivity contribution in [2.24, 2.45) is 5.92 Å². The Morgan fingerprint density at radius 3 is 2.29 bits per heavy atom. The lowest BCUT2D eigenvalue weighted by molar-refractivity contribution is -0.387. The zero-order valence-corrected chi connectivity index (χ0v) is 13.3. The smallest absolute Gasteiger partial charge is 0.289 e. The molecule has 0 amide bonds. The zero-order chi connectivity index (χ0) is 16.4. The van der Waals surface area contributed by atoms with Crippen LogP contribution in [0.5, 0.6) is 0 Å². The minimum atomic E-state index is -4.03. The highest BCUT2D eigenvalue weighted by molar-refractivity contribution is 7.89. The fourth-order valence-electron chi connectivity index (χ4n) is 1.71. The Kier molecular flexibility index (Phi) is 5.43. The van der Waals surface area contributed by atoms with Gasteiger partial charge in [0.2, 0.25) is 10.0 Å². The molecule has 0 aliphatic heterocycles. The highest BCUT2D eigenvalue weighted by Crippen LogP contribution is 2.27. The molecule has 0 saturated carbocycles. The van der Waals surface area contributed by atoms with Crippen LogP contribution in [0.4, 0.5) is 5.69 Å². The summed E-state index contributed by atoms with van der Waals surface area (Å²) in [6.45, 7) is 6.48. The number of nitro benzene ring substituents is 1. The molecule has 0 aliphatic rings. The summed E-state index contributed by atoms with van der Waals surface area (Å²) in [6.07, 6.45) is 0. The van der Waals surface area contributed by atoms with Crippen LogP contribution in [0, 0.1) is 29.9 Å². The van der Waals surface area contributed by atoms with Crippen molar-refractivity contribution < 1.29 is 18.4 Å². The van der Waals surface area contributed by atoms with Gasteiger partial charge in [-0.1, -0.05) is 6.92 Å². The monoisotopic (exact) mass is 316 g/mol. The highest BCUT2D eigenvalue weighted by Gasteiger charge is 2.29. The molecule has 21 heavy (non-hydrogen) atoms. The van der Waals surface area contributed by atoms with Gasteiger partial charge in [-0.25, -0.2) is 13.1 Å². The Morgan fingerprint density at radius 1 is 1.29 bits per heavy atom. The summed E-state index contributed by atoms with van der Waals surface area (Å²) in [7, 11) is -4.03. The number of aliphatic hydroxyl groups is 1. The van der Waals surface area contributed by atoms with Gasteiger partial charge in [-0.15, -0.1) is 0 Å². The van der Waals surface area contributed by atoms with E-state index in [4.69, 9.17) is 5.11 Å². The number of nitro groups is 1. The summed E-state index contributed by atoms with van der Waals surface area (Å²) >= 11 is 0.